The lowest BCUT2D eigenvalue weighted by atomic mass is 10.1. The number of benzene rings is 1. The first-order valence-corrected chi connectivity index (χ1v) is 10.2. The number of aromatic nitrogens is 2. The van der Waals surface area contributed by atoms with E-state index in [1.54, 1.807) is 23.9 Å². The van der Waals surface area contributed by atoms with Crippen LogP contribution in [0.5, 0.6) is 0 Å². The third kappa shape index (κ3) is 3.24. The third-order valence-corrected chi connectivity index (χ3v) is 5.98. The number of aryl methyl sites for hydroxylation is 1. The van der Waals surface area contributed by atoms with Crippen LogP contribution < -0.4 is 0 Å². The smallest absolute Gasteiger partial charge is 0.270 e. The molecular weight excluding hydrogens is 399 g/mol. The van der Waals surface area contributed by atoms with Crippen molar-refractivity contribution in [3.63, 3.8) is 0 Å². The number of imide groups is 1. The van der Waals surface area contributed by atoms with Crippen LogP contribution in [0.2, 0.25) is 0 Å². The van der Waals surface area contributed by atoms with Gasteiger partial charge >= 0.3 is 12.0 Å². The molecule has 31 heavy (non-hydrogen) atoms. The van der Waals surface area contributed by atoms with E-state index < -0.39 is 12.1 Å². The quantitative estimate of drug-likeness (QED) is 0.709. The van der Waals surface area contributed by atoms with Crippen LogP contribution in [0.15, 0.2) is 29.3 Å². The van der Waals surface area contributed by atoms with Crippen molar-refractivity contribution in [2.75, 3.05) is 7.05 Å². The molecule has 3 amide bonds. The summed E-state index contributed by atoms with van der Waals surface area (Å²) in [7, 11) is 1.62. The summed E-state index contributed by atoms with van der Waals surface area (Å²) in [4.78, 5) is 33.9. The van der Waals surface area contributed by atoms with Gasteiger partial charge in [-0.15, -0.1) is 9.78 Å². The zero-order valence-corrected chi connectivity index (χ0v) is 18.5. The Bertz CT molecular complexity index is 1150. The summed E-state index contributed by atoms with van der Waals surface area (Å²) in [6, 6.07) is 4.52. The standard InChI is InChI=1S/C22H26FN6O2/c1-12(2)28-18-19(24-21(28)29-15(5)13(3)14(4)25-29)26(6)22(31)27(20(18)30)11-16-7-9-17(23)10-8-16/h7-10,12,18H,11H2,1-6H3/q+1. The molecule has 1 aromatic heterocycles. The van der Waals surface area contributed by atoms with Crippen molar-refractivity contribution in [3.8, 4) is 0 Å². The van der Waals surface area contributed by atoms with Crippen LogP contribution in [0, 0.1) is 26.6 Å². The lowest BCUT2D eigenvalue weighted by molar-refractivity contribution is -0.567. The van der Waals surface area contributed by atoms with E-state index in [1.807, 2.05) is 39.2 Å². The second-order valence-corrected chi connectivity index (χ2v) is 8.27. The highest BCUT2D eigenvalue weighted by atomic mass is 19.1. The summed E-state index contributed by atoms with van der Waals surface area (Å²) in [6.07, 6.45) is 0. The molecule has 0 saturated carbocycles. The number of fused-ring (bicyclic) bond motifs is 1. The predicted octanol–water partition coefficient (Wildman–Crippen LogP) is 2.45. The first-order chi connectivity index (χ1) is 14.6. The topological polar surface area (TPSA) is 73.8 Å². The van der Waals surface area contributed by atoms with Gasteiger partial charge in [-0.25, -0.2) is 13.8 Å². The number of rotatable bonds is 3. The minimum Gasteiger partial charge on any atom is -0.270 e. The van der Waals surface area contributed by atoms with E-state index in [2.05, 4.69) is 5.10 Å². The number of likely N-dealkylation sites (N-methyl/N-ethyl adjacent to an activating group) is 1. The molecule has 0 radical (unpaired) electrons. The fourth-order valence-electron chi connectivity index (χ4n) is 3.99. The Balaban J connectivity index is 1.79. The molecule has 3 heterocycles. The van der Waals surface area contributed by atoms with Gasteiger partial charge in [-0.1, -0.05) is 17.1 Å². The molecule has 1 saturated heterocycles. The van der Waals surface area contributed by atoms with Crippen LogP contribution >= 0.6 is 0 Å². The fourth-order valence-corrected chi connectivity index (χ4v) is 3.99. The van der Waals surface area contributed by atoms with Crippen LogP contribution in [-0.4, -0.2) is 67.0 Å². The molecule has 2 aliphatic rings. The Labute approximate surface area is 180 Å². The van der Waals surface area contributed by atoms with E-state index in [4.69, 9.17) is 4.99 Å². The van der Waals surface area contributed by atoms with Crippen molar-refractivity contribution in [2.24, 2.45) is 4.99 Å². The molecule has 1 fully saturated rings. The molecule has 0 bridgehead atoms. The SMILES string of the molecule is Cc1nn(C2=[N+](C(C)C)C3C(=O)N(Cc4ccc(F)cc4)C(=O)N(C)C3=N2)c(C)c1C. The Kier molecular flexibility index (Phi) is 4.99. The zero-order chi connectivity index (χ0) is 22.6. The third-order valence-electron chi connectivity index (χ3n) is 5.98. The molecule has 2 aliphatic heterocycles. The van der Waals surface area contributed by atoms with E-state index in [0.29, 0.717) is 17.4 Å². The van der Waals surface area contributed by atoms with Crippen molar-refractivity contribution in [1.29, 1.82) is 0 Å². The first kappa shape index (κ1) is 20.9. The number of carbonyl (C=O) groups excluding carboxylic acids is 2. The van der Waals surface area contributed by atoms with Gasteiger partial charge in [-0.3, -0.25) is 14.6 Å². The van der Waals surface area contributed by atoms with E-state index in [-0.39, 0.29) is 24.3 Å². The normalized spacial score (nSPS) is 19.0. The highest BCUT2D eigenvalue weighted by Crippen LogP contribution is 2.24. The van der Waals surface area contributed by atoms with Crippen molar-refractivity contribution in [2.45, 2.75) is 53.2 Å². The van der Waals surface area contributed by atoms with Crippen LogP contribution in [0.25, 0.3) is 0 Å². The number of halogens is 1. The Morgan fingerprint density at radius 3 is 2.32 bits per heavy atom. The van der Waals surface area contributed by atoms with Crippen molar-refractivity contribution < 1.29 is 18.6 Å². The van der Waals surface area contributed by atoms with Gasteiger partial charge in [0.2, 0.25) is 11.9 Å². The first-order valence-electron chi connectivity index (χ1n) is 10.2. The maximum Gasteiger partial charge on any atom is 0.421 e. The van der Waals surface area contributed by atoms with Crippen LogP contribution in [0.3, 0.4) is 0 Å². The van der Waals surface area contributed by atoms with Crippen LogP contribution in [0.4, 0.5) is 9.18 Å². The summed E-state index contributed by atoms with van der Waals surface area (Å²) in [5.41, 5.74) is 3.55. The largest absolute Gasteiger partial charge is 0.421 e. The summed E-state index contributed by atoms with van der Waals surface area (Å²) in [5, 5.41) is 4.61. The molecule has 8 nitrogen and oxygen atoms in total. The van der Waals surface area contributed by atoms with Crippen LogP contribution in [-0.2, 0) is 11.3 Å². The van der Waals surface area contributed by atoms with E-state index in [9.17, 15) is 14.0 Å². The Morgan fingerprint density at radius 2 is 1.77 bits per heavy atom. The van der Waals surface area contributed by atoms with E-state index in [0.717, 1.165) is 17.0 Å². The molecule has 0 spiro atoms. The maximum absolute atomic E-state index is 13.5. The maximum atomic E-state index is 13.5. The predicted molar refractivity (Wildman–Crippen MR) is 114 cm³/mol. The summed E-state index contributed by atoms with van der Waals surface area (Å²) in [6.45, 7) is 9.90. The van der Waals surface area contributed by atoms with Crippen LogP contribution in [0.1, 0.15) is 36.4 Å². The molecule has 1 atom stereocenters. The molecule has 162 valence electrons. The van der Waals surface area contributed by atoms with Gasteiger partial charge < -0.3 is 0 Å². The molecule has 4 rings (SSSR count). The molecular formula is C22H26FN6O2+. The number of amidine groups is 1. The number of carbonyl (C=O) groups is 2. The number of hydrogen-bond acceptors (Lipinski definition) is 4. The van der Waals surface area contributed by atoms with Crippen molar-refractivity contribution in [1.82, 2.24) is 19.6 Å². The van der Waals surface area contributed by atoms with Crippen molar-refractivity contribution in [3.05, 3.63) is 52.6 Å². The number of aliphatic imine (C=N–C) groups is 1. The van der Waals surface area contributed by atoms with E-state index >= 15 is 0 Å². The molecule has 0 N–H and O–H groups in total. The van der Waals surface area contributed by atoms with Gasteiger partial charge in [0.1, 0.15) is 11.5 Å². The van der Waals surface area contributed by atoms with Gasteiger partial charge in [0.05, 0.1) is 18.3 Å². The van der Waals surface area contributed by atoms with Gasteiger partial charge in [-0.2, -0.15) is 0 Å². The molecule has 0 aliphatic carbocycles. The highest BCUT2D eigenvalue weighted by molar-refractivity contribution is 6.23. The van der Waals surface area contributed by atoms with Gasteiger partial charge in [0, 0.05) is 12.6 Å². The van der Waals surface area contributed by atoms with Crippen molar-refractivity contribution >= 4 is 23.7 Å². The van der Waals surface area contributed by atoms with Gasteiger partial charge in [0.15, 0.2) is 0 Å². The molecule has 1 aromatic carbocycles. The lowest BCUT2D eigenvalue weighted by Gasteiger charge is -2.34. The fraction of sp³-hybridized carbons (Fsp3) is 0.409. The zero-order valence-electron chi connectivity index (χ0n) is 18.5. The lowest BCUT2D eigenvalue weighted by Crippen LogP contribution is -2.63. The van der Waals surface area contributed by atoms with Gasteiger partial charge in [-0.05, 0) is 52.3 Å². The minimum absolute atomic E-state index is 0.0619. The summed E-state index contributed by atoms with van der Waals surface area (Å²) >= 11 is 0. The summed E-state index contributed by atoms with van der Waals surface area (Å²) in [5.74, 6) is 0.195. The number of nitrogens with zero attached hydrogens (tertiary/aromatic N) is 6. The molecule has 1 unspecified atom stereocenters. The molecule has 2 aromatic rings. The Hall–Kier alpha value is -3.36. The number of urea groups is 1. The Morgan fingerprint density at radius 1 is 1.13 bits per heavy atom. The average molecular weight is 425 g/mol. The second-order valence-electron chi connectivity index (χ2n) is 8.27. The number of amides is 3. The molecule has 9 heteroatoms. The summed E-state index contributed by atoms with van der Waals surface area (Å²) < 4.78 is 16.9. The number of hydrogen-bond donors (Lipinski definition) is 0. The van der Waals surface area contributed by atoms with Gasteiger partial charge in [0.25, 0.3) is 5.91 Å². The average Bonchev–Trinajstić information content (AvgIpc) is 3.25. The van der Waals surface area contributed by atoms with E-state index in [1.165, 1.54) is 21.9 Å². The highest BCUT2D eigenvalue weighted by Gasteiger charge is 2.53. The second kappa shape index (κ2) is 7.40. The monoisotopic (exact) mass is 425 g/mol. The minimum atomic E-state index is -0.734.